The fourth-order valence-electron chi connectivity index (χ4n) is 3.49. The number of ether oxygens (including phenoxy) is 3. The Balaban J connectivity index is 1.38. The van der Waals surface area contributed by atoms with E-state index in [-0.39, 0.29) is 17.8 Å². The first-order valence-corrected chi connectivity index (χ1v) is 10.7. The Kier molecular flexibility index (Phi) is 8.72. The van der Waals surface area contributed by atoms with Crippen molar-refractivity contribution < 1.29 is 23.8 Å². The molecule has 1 fully saturated rings. The van der Waals surface area contributed by atoms with Gasteiger partial charge in [-0.05, 0) is 57.1 Å². The SMILES string of the molecule is CCOC(=O)C1CCN(CC(=O)Nc2cccc(OCCOc3ccccc3)c2)CC1. The summed E-state index contributed by atoms with van der Waals surface area (Å²) in [5.74, 6) is 1.21. The molecule has 0 bridgehead atoms. The maximum absolute atomic E-state index is 12.4. The number of nitrogens with one attached hydrogen (secondary N) is 1. The number of hydrogen-bond donors (Lipinski definition) is 1. The predicted molar refractivity (Wildman–Crippen MR) is 118 cm³/mol. The van der Waals surface area contributed by atoms with Crippen molar-refractivity contribution in [3.05, 3.63) is 54.6 Å². The monoisotopic (exact) mass is 426 g/mol. The molecule has 7 heteroatoms. The molecule has 1 saturated heterocycles. The molecule has 31 heavy (non-hydrogen) atoms. The van der Waals surface area contributed by atoms with Crippen LogP contribution in [0, 0.1) is 5.92 Å². The lowest BCUT2D eigenvalue weighted by Gasteiger charge is -2.30. The van der Waals surface area contributed by atoms with Crippen LogP contribution in [-0.4, -0.2) is 56.2 Å². The predicted octanol–water partition coefficient (Wildman–Crippen LogP) is 3.36. The van der Waals surface area contributed by atoms with E-state index in [2.05, 4.69) is 10.2 Å². The number of carbonyl (C=O) groups is 2. The first-order chi connectivity index (χ1) is 15.1. The molecule has 1 aliphatic rings. The van der Waals surface area contributed by atoms with Gasteiger partial charge in [0.15, 0.2) is 0 Å². The Morgan fingerprint density at radius 1 is 0.968 bits per heavy atom. The van der Waals surface area contributed by atoms with E-state index in [1.54, 1.807) is 6.07 Å². The van der Waals surface area contributed by atoms with Crippen molar-refractivity contribution in [2.24, 2.45) is 5.92 Å². The molecule has 0 aromatic heterocycles. The second kappa shape index (κ2) is 12.0. The topological polar surface area (TPSA) is 77.1 Å². The first-order valence-electron chi connectivity index (χ1n) is 10.7. The number of rotatable bonds is 10. The van der Waals surface area contributed by atoms with Gasteiger partial charge in [0, 0.05) is 11.8 Å². The van der Waals surface area contributed by atoms with E-state index >= 15 is 0 Å². The van der Waals surface area contributed by atoms with Crippen LogP contribution in [0.2, 0.25) is 0 Å². The lowest BCUT2D eigenvalue weighted by atomic mass is 9.97. The Morgan fingerprint density at radius 3 is 2.35 bits per heavy atom. The zero-order chi connectivity index (χ0) is 21.9. The summed E-state index contributed by atoms with van der Waals surface area (Å²) in [5.41, 5.74) is 0.688. The van der Waals surface area contributed by atoms with Crippen LogP contribution in [0.4, 0.5) is 5.69 Å². The van der Waals surface area contributed by atoms with Crippen LogP contribution in [-0.2, 0) is 14.3 Å². The highest BCUT2D eigenvalue weighted by atomic mass is 16.5. The van der Waals surface area contributed by atoms with Crippen LogP contribution in [0.3, 0.4) is 0 Å². The minimum Gasteiger partial charge on any atom is -0.490 e. The van der Waals surface area contributed by atoms with Crippen molar-refractivity contribution in [2.75, 3.05) is 44.8 Å². The Morgan fingerprint density at radius 2 is 1.65 bits per heavy atom. The van der Waals surface area contributed by atoms with Gasteiger partial charge in [0.2, 0.25) is 5.91 Å². The van der Waals surface area contributed by atoms with Gasteiger partial charge in [-0.1, -0.05) is 24.3 Å². The van der Waals surface area contributed by atoms with Gasteiger partial charge in [-0.2, -0.15) is 0 Å². The molecule has 1 amide bonds. The summed E-state index contributed by atoms with van der Waals surface area (Å²) in [4.78, 5) is 26.3. The molecule has 2 aromatic rings. The maximum atomic E-state index is 12.4. The molecule has 3 rings (SSSR count). The molecular formula is C24H30N2O5. The third-order valence-corrected chi connectivity index (χ3v) is 5.06. The Labute approximate surface area is 183 Å². The number of anilines is 1. The fraction of sp³-hybridized carbons (Fsp3) is 0.417. The van der Waals surface area contributed by atoms with Crippen LogP contribution >= 0.6 is 0 Å². The maximum Gasteiger partial charge on any atom is 0.309 e. The van der Waals surface area contributed by atoms with E-state index in [1.165, 1.54) is 0 Å². The number of hydrogen-bond acceptors (Lipinski definition) is 6. The number of piperidine rings is 1. The van der Waals surface area contributed by atoms with Crippen LogP contribution in [0.5, 0.6) is 11.5 Å². The van der Waals surface area contributed by atoms with E-state index in [4.69, 9.17) is 14.2 Å². The smallest absolute Gasteiger partial charge is 0.309 e. The highest BCUT2D eigenvalue weighted by Crippen LogP contribution is 2.20. The van der Waals surface area contributed by atoms with Crippen LogP contribution < -0.4 is 14.8 Å². The van der Waals surface area contributed by atoms with Gasteiger partial charge in [-0.3, -0.25) is 14.5 Å². The molecule has 166 valence electrons. The number of nitrogens with zero attached hydrogens (tertiary/aromatic N) is 1. The van der Waals surface area contributed by atoms with Crippen LogP contribution in [0.1, 0.15) is 19.8 Å². The standard InChI is InChI=1S/C24H30N2O5/c1-2-29-24(28)19-11-13-26(14-12-19)18-23(27)25-20-7-6-10-22(17-20)31-16-15-30-21-8-4-3-5-9-21/h3-10,17,19H,2,11-16,18H2,1H3,(H,25,27). The van der Waals surface area contributed by atoms with Gasteiger partial charge in [0.05, 0.1) is 19.1 Å². The number of benzene rings is 2. The number of esters is 1. The number of carbonyl (C=O) groups excluding carboxylic acids is 2. The van der Waals surface area contributed by atoms with E-state index in [0.29, 0.717) is 50.9 Å². The van der Waals surface area contributed by atoms with Gasteiger partial charge in [0.25, 0.3) is 0 Å². The van der Waals surface area contributed by atoms with Gasteiger partial charge in [-0.15, -0.1) is 0 Å². The van der Waals surface area contributed by atoms with Gasteiger partial charge < -0.3 is 19.5 Å². The minimum atomic E-state index is -0.127. The lowest BCUT2D eigenvalue weighted by Crippen LogP contribution is -2.41. The van der Waals surface area contributed by atoms with Gasteiger partial charge in [-0.25, -0.2) is 0 Å². The van der Waals surface area contributed by atoms with Crippen LogP contribution in [0.15, 0.2) is 54.6 Å². The molecular weight excluding hydrogens is 396 g/mol. The quantitative estimate of drug-likeness (QED) is 0.464. The van der Waals surface area contributed by atoms with E-state index in [1.807, 2.05) is 55.5 Å². The van der Waals surface area contributed by atoms with Crippen LogP contribution in [0.25, 0.3) is 0 Å². The molecule has 1 N–H and O–H groups in total. The Bertz CT molecular complexity index is 835. The third-order valence-electron chi connectivity index (χ3n) is 5.06. The molecule has 0 radical (unpaired) electrons. The molecule has 0 saturated carbocycles. The van der Waals surface area contributed by atoms with E-state index in [0.717, 1.165) is 18.6 Å². The zero-order valence-corrected chi connectivity index (χ0v) is 17.9. The minimum absolute atomic E-state index is 0.0565. The summed E-state index contributed by atoms with van der Waals surface area (Å²) >= 11 is 0. The average Bonchev–Trinajstić information content (AvgIpc) is 2.78. The largest absolute Gasteiger partial charge is 0.490 e. The molecule has 1 heterocycles. The third kappa shape index (κ3) is 7.61. The molecule has 0 atom stereocenters. The molecule has 0 spiro atoms. The normalized spacial score (nSPS) is 14.6. The van der Waals surface area contributed by atoms with Crippen molar-refractivity contribution >= 4 is 17.6 Å². The first kappa shape index (κ1) is 22.6. The summed E-state index contributed by atoms with van der Waals surface area (Å²) in [6.45, 7) is 4.78. The fourth-order valence-corrected chi connectivity index (χ4v) is 3.49. The Hall–Kier alpha value is -3.06. The van der Waals surface area contributed by atoms with Gasteiger partial charge in [0.1, 0.15) is 24.7 Å². The summed E-state index contributed by atoms with van der Waals surface area (Å²) in [5, 5.41) is 2.92. The molecule has 0 unspecified atom stereocenters. The van der Waals surface area contributed by atoms with Crippen molar-refractivity contribution in [3.63, 3.8) is 0 Å². The average molecular weight is 427 g/mol. The highest BCUT2D eigenvalue weighted by Gasteiger charge is 2.26. The molecule has 0 aliphatic carbocycles. The molecule has 7 nitrogen and oxygen atoms in total. The summed E-state index contributed by atoms with van der Waals surface area (Å²) in [6.07, 6.45) is 1.45. The lowest BCUT2D eigenvalue weighted by molar-refractivity contribution is -0.149. The second-order valence-electron chi connectivity index (χ2n) is 7.39. The molecule has 2 aromatic carbocycles. The van der Waals surface area contributed by atoms with E-state index < -0.39 is 0 Å². The zero-order valence-electron chi connectivity index (χ0n) is 17.9. The van der Waals surface area contributed by atoms with Crippen molar-refractivity contribution in [3.8, 4) is 11.5 Å². The summed E-state index contributed by atoms with van der Waals surface area (Å²) < 4.78 is 16.4. The highest BCUT2D eigenvalue weighted by molar-refractivity contribution is 5.92. The van der Waals surface area contributed by atoms with E-state index in [9.17, 15) is 9.59 Å². The number of amides is 1. The van der Waals surface area contributed by atoms with Crippen molar-refractivity contribution in [2.45, 2.75) is 19.8 Å². The summed E-state index contributed by atoms with van der Waals surface area (Å²) in [6, 6.07) is 16.9. The molecule has 1 aliphatic heterocycles. The van der Waals surface area contributed by atoms with Crippen molar-refractivity contribution in [1.82, 2.24) is 4.90 Å². The second-order valence-corrected chi connectivity index (χ2v) is 7.39. The number of likely N-dealkylation sites (tertiary alicyclic amines) is 1. The van der Waals surface area contributed by atoms with Gasteiger partial charge >= 0.3 is 5.97 Å². The summed E-state index contributed by atoms with van der Waals surface area (Å²) in [7, 11) is 0. The number of para-hydroxylation sites is 1. The van der Waals surface area contributed by atoms with Crippen molar-refractivity contribution in [1.29, 1.82) is 0 Å².